The van der Waals surface area contributed by atoms with E-state index in [0.29, 0.717) is 12.8 Å². The Morgan fingerprint density at radius 1 is 0.508 bits per heavy atom. The van der Waals surface area contributed by atoms with Gasteiger partial charge in [0.1, 0.15) is 31.0 Å². The van der Waals surface area contributed by atoms with Crippen molar-refractivity contribution in [3.8, 4) is 0 Å². The molecule has 1 aliphatic rings. The van der Waals surface area contributed by atoms with E-state index < -0.39 is 55.4 Å². The molecular formula is C51H88O10. The Kier molecular flexibility index (Phi) is 38.3. The van der Waals surface area contributed by atoms with Gasteiger partial charge in [0.05, 0.1) is 13.2 Å². The lowest BCUT2D eigenvalue weighted by atomic mass is 9.99. The van der Waals surface area contributed by atoms with Crippen molar-refractivity contribution in [1.29, 1.82) is 0 Å². The van der Waals surface area contributed by atoms with Crippen LogP contribution < -0.4 is 0 Å². The van der Waals surface area contributed by atoms with Crippen molar-refractivity contribution in [1.82, 2.24) is 0 Å². The minimum absolute atomic E-state index is 0.197. The number of rotatable bonds is 40. The van der Waals surface area contributed by atoms with Gasteiger partial charge in [0.2, 0.25) is 0 Å². The minimum atomic E-state index is -1.61. The zero-order chi connectivity index (χ0) is 44.4. The van der Waals surface area contributed by atoms with Gasteiger partial charge in [0, 0.05) is 12.8 Å². The molecule has 0 spiro atoms. The van der Waals surface area contributed by atoms with Crippen molar-refractivity contribution < 1.29 is 49.0 Å². The molecule has 0 saturated carbocycles. The van der Waals surface area contributed by atoms with E-state index in [-0.39, 0.29) is 26.1 Å². The van der Waals surface area contributed by atoms with E-state index in [1.54, 1.807) is 0 Å². The highest BCUT2D eigenvalue weighted by atomic mass is 16.7. The summed E-state index contributed by atoms with van der Waals surface area (Å²) in [5, 5.41) is 40.1. The Labute approximate surface area is 370 Å². The molecule has 1 rings (SSSR count). The van der Waals surface area contributed by atoms with E-state index in [4.69, 9.17) is 18.9 Å². The van der Waals surface area contributed by atoms with Crippen LogP contribution in [-0.4, -0.2) is 89.0 Å². The fourth-order valence-electron chi connectivity index (χ4n) is 7.00. The van der Waals surface area contributed by atoms with Crippen LogP contribution >= 0.6 is 0 Å². The van der Waals surface area contributed by atoms with Gasteiger partial charge < -0.3 is 39.4 Å². The lowest BCUT2D eigenvalue weighted by molar-refractivity contribution is -0.305. The average molecular weight is 861 g/mol. The van der Waals surface area contributed by atoms with Gasteiger partial charge in [-0.3, -0.25) is 9.59 Å². The molecule has 1 heterocycles. The number of unbranched alkanes of at least 4 members (excludes halogenated alkanes) is 19. The van der Waals surface area contributed by atoms with E-state index in [1.807, 2.05) is 6.08 Å². The Morgan fingerprint density at radius 2 is 0.934 bits per heavy atom. The zero-order valence-corrected chi connectivity index (χ0v) is 38.4. The highest BCUT2D eigenvalue weighted by molar-refractivity contribution is 5.70. The molecule has 0 amide bonds. The van der Waals surface area contributed by atoms with Gasteiger partial charge in [0.25, 0.3) is 0 Å². The van der Waals surface area contributed by atoms with E-state index in [9.17, 15) is 30.0 Å². The van der Waals surface area contributed by atoms with Crippen LogP contribution in [0.15, 0.2) is 60.8 Å². The van der Waals surface area contributed by atoms with Crippen LogP contribution in [0.4, 0.5) is 0 Å². The summed E-state index contributed by atoms with van der Waals surface area (Å²) in [6, 6.07) is 0. The summed E-state index contributed by atoms with van der Waals surface area (Å²) in [5.74, 6) is -0.875. The summed E-state index contributed by atoms with van der Waals surface area (Å²) >= 11 is 0. The van der Waals surface area contributed by atoms with Crippen LogP contribution in [0.25, 0.3) is 0 Å². The normalized spacial score (nSPS) is 20.3. The molecule has 0 aromatic carbocycles. The van der Waals surface area contributed by atoms with Crippen LogP contribution in [0.2, 0.25) is 0 Å². The Bertz CT molecular complexity index is 1180. The summed E-state index contributed by atoms with van der Waals surface area (Å²) < 4.78 is 22.1. The van der Waals surface area contributed by atoms with Crippen LogP contribution in [0.5, 0.6) is 0 Å². The summed E-state index contributed by atoms with van der Waals surface area (Å²) in [6.07, 6.45) is 43.7. The zero-order valence-electron chi connectivity index (χ0n) is 38.4. The maximum atomic E-state index is 12.8. The Hall–Kier alpha value is -2.60. The van der Waals surface area contributed by atoms with E-state index in [1.165, 1.54) is 103 Å². The summed E-state index contributed by atoms with van der Waals surface area (Å²) in [7, 11) is 0. The van der Waals surface area contributed by atoms with Crippen molar-refractivity contribution in [2.45, 2.75) is 230 Å². The molecule has 2 unspecified atom stereocenters. The van der Waals surface area contributed by atoms with Crippen molar-refractivity contribution in [2.75, 3.05) is 19.8 Å². The molecule has 61 heavy (non-hydrogen) atoms. The number of ether oxygens (including phenoxy) is 4. The second-order valence-electron chi connectivity index (χ2n) is 16.6. The first kappa shape index (κ1) is 56.4. The molecule has 10 nitrogen and oxygen atoms in total. The van der Waals surface area contributed by atoms with Gasteiger partial charge >= 0.3 is 11.9 Å². The van der Waals surface area contributed by atoms with Gasteiger partial charge in [-0.25, -0.2) is 0 Å². The third kappa shape index (κ3) is 32.7. The number of esters is 2. The highest BCUT2D eigenvalue weighted by Crippen LogP contribution is 2.22. The lowest BCUT2D eigenvalue weighted by Crippen LogP contribution is -2.59. The average Bonchev–Trinajstić information content (AvgIpc) is 3.26. The first-order valence-corrected chi connectivity index (χ1v) is 24.4. The van der Waals surface area contributed by atoms with Crippen molar-refractivity contribution in [3.63, 3.8) is 0 Å². The largest absolute Gasteiger partial charge is 0.462 e. The molecule has 0 aromatic heterocycles. The SMILES string of the molecule is CCCCC/C=C/C/C=C/C/C=C/C/C=C/CCCC(=O)OC[C@H](CO[C@@H]1O[C@H](CO)[C@H](O)C(O)C1O)OC(=O)CCCCCCCCCCC/C=C/CCCCCCCC. The number of hydrogen-bond donors (Lipinski definition) is 4. The molecule has 10 heteroatoms. The van der Waals surface area contributed by atoms with Crippen molar-refractivity contribution in [2.24, 2.45) is 0 Å². The Morgan fingerprint density at radius 3 is 1.48 bits per heavy atom. The van der Waals surface area contributed by atoms with Crippen LogP contribution in [0, 0.1) is 0 Å². The lowest BCUT2D eigenvalue weighted by Gasteiger charge is -2.39. The molecule has 0 aliphatic carbocycles. The number of carbonyl (C=O) groups is 2. The molecule has 1 fully saturated rings. The van der Waals surface area contributed by atoms with E-state index in [2.05, 4.69) is 68.5 Å². The molecule has 1 saturated heterocycles. The van der Waals surface area contributed by atoms with Crippen LogP contribution in [0.3, 0.4) is 0 Å². The third-order valence-corrected chi connectivity index (χ3v) is 10.9. The van der Waals surface area contributed by atoms with Crippen molar-refractivity contribution >= 4 is 11.9 Å². The molecule has 352 valence electrons. The number of aliphatic hydroxyl groups is 4. The second-order valence-corrected chi connectivity index (χ2v) is 16.6. The monoisotopic (exact) mass is 861 g/mol. The molecule has 0 bridgehead atoms. The third-order valence-electron chi connectivity index (χ3n) is 10.9. The number of carbonyl (C=O) groups excluding carboxylic acids is 2. The fourth-order valence-corrected chi connectivity index (χ4v) is 7.00. The predicted octanol–water partition coefficient (Wildman–Crippen LogP) is 11.0. The van der Waals surface area contributed by atoms with Gasteiger partial charge in [-0.1, -0.05) is 164 Å². The number of allylic oxidation sites excluding steroid dienone is 10. The molecule has 0 aromatic rings. The molecule has 4 N–H and O–H groups in total. The predicted molar refractivity (Wildman–Crippen MR) is 247 cm³/mol. The first-order valence-electron chi connectivity index (χ1n) is 24.4. The van der Waals surface area contributed by atoms with Crippen LogP contribution in [0.1, 0.15) is 194 Å². The van der Waals surface area contributed by atoms with E-state index >= 15 is 0 Å². The second kappa shape index (κ2) is 41.4. The molecular weight excluding hydrogens is 773 g/mol. The van der Waals surface area contributed by atoms with Crippen LogP contribution in [-0.2, 0) is 28.5 Å². The standard InChI is InChI=1S/C51H88O10/c1-3-5-7-9-11-13-15-17-19-21-22-24-26-28-30-32-34-36-38-40-47(54)60-44(43-59-51-50(57)49(56)48(55)45(41-52)61-51)42-58-46(53)39-37-35-33-31-29-27-25-23-20-18-16-14-12-10-8-6-4-2/h12,14,17-20,25,27,31,33,44-45,48-52,55-57H,3-11,13,15-16,21-24,26,28-30,32,34-43H2,1-2H3/b14-12+,19-17+,20-18+,27-25+,33-31+/t44-,45-,48+,49?,50?,51-/m1/s1. The minimum Gasteiger partial charge on any atom is -0.462 e. The summed E-state index contributed by atoms with van der Waals surface area (Å²) in [5.41, 5.74) is 0. The number of hydrogen-bond acceptors (Lipinski definition) is 10. The maximum absolute atomic E-state index is 12.8. The van der Waals surface area contributed by atoms with Crippen molar-refractivity contribution in [3.05, 3.63) is 60.8 Å². The van der Waals surface area contributed by atoms with Gasteiger partial charge in [-0.15, -0.1) is 0 Å². The molecule has 6 atom stereocenters. The number of aliphatic hydroxyl groups excluding tert-OH is 4. The van der Waals surface area contributed by atoms with Gasteiger partial charge in [-0.2, -0.15) is 0 Å². The van der Waals surface area contributed by atoms with Gasteiger partial charge in [-0.05, 0) is 77.0 Å². The van der Waals surface area contributed by atoms with Gasteiger partial charge in [0.15, 0.2) is 12.4 Å². The summed E-state index contributed by atoms with van der Waals surface area (Å²) in [4.78, 5) is 25.4. The quantitative estimate of drug-likeness (QED) is 0.0266. The summed E-state index contributed by atoms with van der Waals surface area (Å²) in [6.45, 7) is 3.34. The Balaban J connectivity index is 2.33. The van der Waals surface area contributed by atoms with E-state index in [0.717, 1.165) is 51.4 Å². The molecule has 0 radical (unpaired) electrons. The smallest absolute Gasteiger partial charge is 0.306 e. The highest BCUT2D eigenvalue weighted by Gasteiger charge is 2.44. The topological polar surface area (TPSA) is 152 Å². The maximum Gasteiger partial charge on any atom is 0.306 e. The fraction of sp³-hybridized carbons (Fsp3) is 0.765. The molecule has 1 aliphatic heterocycles. The first-order chi connectivity index (χ1) is 29.8.